The molecule has 8 heteroatoms. The highest BCUT2D eigenvalue weighted by Crippen LogP contribution is 2.26. The Labute approximate surface area is 115 Å². The van der Waals surface area contributed by atoms with E-state index in [0.29, 0.717) is 5.82 Å². The predicted molar refractivity (Wildman–Crippen MR) is 66.1 cm³/mol. The Balaban J connectivity index is 2.08. The number of hydrogen-bond acceptors (Lipinski definition) is 5. The van der Waals surface area contributed by atoms with E-state index in [2.05, 4.69) is 20.4 Å². The standard InChI is InChI=1S/C12H19F3N4O/c1-2-3-9(19-6-4-16-5-7-19)11-17-10(20-18-11)8-12(13,14)15/h9,16H,2-8H2,1H3. The van der Waals surface area contributed by atoms with Gasteiger partial charge in [0.15, 0.2) is 5.82 Å². The molecule has 1 unspecified atom stereocenters. The SMILES string of the molecule is CCCC(c1noc(CC(F)(F)F)n1)N1CCNCC1. The highest BCUT2D eigenvalue weighted by Gasteiger charge is 2.32. The molecule has 1 aliphatic heterocycles. The van der Waals surface area contributed by atoms with Gasteiger partial charge in [-0.05, 0) is 6.42 Å². The molecule has 5 nitrogen and oxygen atoms in total. The van der Waals surface area contributed by atoms with E-state index in [1.807, 2.05) is 6.92 Å². The normalized spacial score (nSPS) is 19.2. The maximum absolute atomic E-state index is 12.3. The van der Waals surface area contributed by atoms with Gasteiger partial charge in [0.2, 0.25) is 5.89 Å². The third-order valence-corrected chi connectivity index (χ3v) is 3.29. The van der Waals surface area contributed by atoms with E-state index < -0.39 is 12.6 Å². The summed E-state index contributed by atoms with van der Waals surface area (Å²) in [7, 11) is 0. The molecule has 0 amide bonds. The van der Waals surface area contributed by atoms with E-state index in [9.17, 15) is 13.2 Å². The minimum Gasteiger partial charge on any atom is -0.339 e. The van der Waals surface area contributed by atoms with Crippen molar-refractivity contribution in [3.63, 3.8) is 0 Å². The van der Waals surface area contributed by atoms with Crippen molar-refractivity contribution in [3.05, 3.63) is 11.7 Å². The summed E-state index contributed by atoms with van der Waals surface area (Å²) in [5.74, 6) is 0.0109. The largest absolute Gasteiger partial charge is 0.397 e. The monoisotopic (exact) mass is 292 g/mol. The molecule has 1 saturated heterocycles. The lowest BCUT2D eigenvalue weighted by molar-refractivity contribution is -0.131. The van der Waals surface area contributed by atoms with Crippen molar-refractivity contribution in [2.24, 2.45) is 0 Å². The average molecular weight is 292 g/mol. The second-order valence-corrected chi connectivity index (χ2v) is 4.93. The van der Waals surface area contributed by atoms with Crippen LogP contribution in [0.1, 0.15) is 37.5 Å². The Kier molecular flexibility index (Phi) is 4.98. The lowest BCUT2D eigenvalue weighted by atomic mass is 10.1. The summed E-state index contributed by atoms with van der Waals surface area (Å²) in [6, 6.07) is -0.0622. The minimum atomic E-state index is -4.32. The van der Waals surface area contributed by atoms with Gasteiger partial charge in [-0.15, -0.1) is 0 Å². The quantitative estimate of drug-likeness (QED) is 0.898. The fraction of sp³-hybridized carbons (Fsp3) is 0.833. The van der Waals surface area contributed by atoms with Crippen LogP contribution in [0.3, 0.4) is 0 Å². The van der Waals surface area contributed by atoms with Crippen molar-refractivity contribution in [2.75, 3.05) is 26.2 Å². The summed E-state index contributed by atoms with van der Waals surface area (Å²) in [6.45, 7) is 5.45. The molecule has 0 saturated carbocycles. The molecule has 2 rings (SSSR count). The van der Waals surface area contributed by atoms with E-state index in [4.69, 9.17) is 4.52 Å². The number of hydrogen-bond donors (Lipinski definition) is 1. The van der Waals surface area contributed by atoms with Crippen LogP contribution in [-0.2, 0) is 6.42 Å². The van der Waals surface area contributed by atoms with Crippen LogP contribution in [0.2, 0.25) is 0 Å². The molecule has 1 aliphatic rings. The Hall–Kier alpha value is -1.15. The smallest absolute Gasteiger partial charge is 0.339 e. The van der Waals surface area contributed by atoms with Crippen molar-refractivity contribution in [2.45, 2.75) is 38.4 Å². The van der Waals surface area contributed by atoms with Crippen molar-refractivity contribution in [1.29, 1.82) is 0 Å². The molecule has 0 spiro atoms. The van der Waals surface area contributed by atoms with Crippen LogP contribution < -0.4 is 5.32 Å². The summed E-state index contributed by atoms with van der Waals surface area (Å²) >= 11 is 0. The molecule has 2 heterocycles. The average Bonchev–Trinajstić information content (AvgIpc) is 2.83. The Morgan fingerprint density at radius 3 is 2.65 bits per heavy atom. The van der Waals surface area contributed by atoms with Gasteiger partial charge in [0.1, 0.15) is 6.42 Å². The molecule has 1 N–H and O–H groups in total. The minimum absolute atomic E-state index is 0.0622. The van der Waals surface area contributed by atoms with Gasteiger partial charge < -0.3 is 9.84 Å². The molecule has 0 radical (unpaired) electrons. The van der Waals surface area contributed by atoms with Crippen LogP contribution >= 0.6 is 0 Å². The number of halogens is 3. The third kappa shape index (κ3) is 4.17. The first-order valence-electron chi connectivity index (χ1n) is 6.83. The van der Waals surface area contributed by atoms with Crippen LogP contribution in [0.25, 0.3) is 0 Å². The molecular weight excluding hydrogens is 273 g/mol. The van der Waals surface area contributed by atoms with Crippen molar-refractivity contribution in [1.82, 2.24) is 20.4 Å². The molecule has 0 aliphatic carbocycles. The fourth-order valence-electron chi connectivity index (χ4n) is 2.39. The van der Waals surface area contributed by atoms with E-state index in [1.165, 1.54) is 0 Å². The van der Waals surface area contributed by atoms with Gasteiger partial charge in [-0.25, -0.2) is 0 Å². The Morgan fingerprint density at radius 1 is 1.35 bits per heavy atom. The van der Waals surface area contributed by atoms with Gasteiger partial charge in [0.05, 0.1) is 6.04 Å². The zero-order valence-corrected chi connectivity index (χ0v) is 11.4. The molecule has 114 valence electrons. The Bertz CT molecular complexity index is 415. The zero-order valence-electron chi connectivity index (χ0n) is 11.4. The highest BCUT2D eigenvalue weighted by atomic mass is 19.4. The van der Waals surface area contributed by atoms with Gasteiger partial charge >= 0.3 is 6.18 Å². The summed E-state index contributed by atoms with van der Waals surface area (Å²) < 4.78 is 41.7. The van der Waals surface area contributed by atoms with Crippen LogP contribution in [0.5, 0.6) is 0 Å². The molecule has 0 bridgehead atoms. The van der Waals surface area contributed by atoms with Crippen molar-refractivity contribution < 1.29 is 17.7 Å². The summed E-state index contributed by atoms with van der Waals surface area (Å²) in [5.41, 5.74) is 0. The molecule has 0 aromatic carbocycles. The third-order valence-electron chi connectivity index (χ3n) is 3.29. The maximum atomic E-state index is 12.3. The fourth-order valence-corrected chi connectivity index (χ4v) is 2.39. The van der Waals surface area contributed by atoms with Crippen LogP contribution in [0.15, 0.2) is 4.52 Å². The zero-order chi connectivity index (χ0) is 14.6. The summed E-state index contributed by atoms with van der Waals surface area (Å²) in [6.07, 6.45) is -3.76. The van der Waals surface area contributed by atoms with E-state index in [1.54, 1.807) is 0 Å². The van der Waals surface area contributed by atoms with E-state index >= 15 is 0 Å². The predicted octanol–water partition coefficient (Wildman–Crippen LogP) is 1.92. The first kappa shape index (κ1) is 15.2. The highest BCUT2D eigenvalue weighted by molar-refractivity contribution is 4.97. The second kappa shape index (κ2) is 6.53. The number of rotatable bonds is 5. The van der Waals surface area contributed by atoms with Crippen molar-refractivity contribution in [3.8, 4) is 0 Å². The molecule has 1 atom stereocenters. The first-order chi connectivity index (χ1) is 9.49. The number of nitrogens with zero attached hydrogens (tertiary/aromatic N) is 3. The Morgan fingerprint density at radius 2 is 2.05 bits per heavy atom. The van der Waals surface area contributed by atoms with E-state index in [-0.39, 0.29) is 11.9 Å². The lowest BCUT2D eigenvalue weighted by Gasteiger charge is -2.33. The van der Waals surface area contributed by atoms with Gasteiger partial charge in [-0.1, -0.05) is 18.5 Å². The molecular formula is C12H19F3N4O. The molecule has 1 aromatic heterocycles. The summed E-state index contributed by atoms with van der Waals surface area (Å²) in [5, 5.41) is 6.99. The number of piperazine rings is 1. The van der Waals surface area contributed by atoms with Gasteiger partial charge in [0.25, 0.3) is 0 Å². The summed E-state index contributed by atoms with van der Waals surface area (Å²) in [4.78, 5) is 6.13. The first-order valence-corrected chi connectivity index (χ1v) is 6.83. The topological polar surface area (TPSA) is 54.2 Å². The van der Waals surface area contributed by atoms with Crippen LogP contribution in [0.4, 0.5) is 13.2 Å². The number of alkyl halides is 3. The van der Waals surface area contributed by atoms with E-state index in [0.717, 1.165) is 39.0 Å². The molecule has 20 heavy (non-hydrogen) atoms. The maximum Gasteiger partial charge on any atom is 0.397 e. The number of nitrogens with one attached hydrogen (secondary N) is 1. The van der Waals surface area contributed by atoms with Crippen LogP contribution in [-0.4, -0.2) is 47.4 Å². The van der Waals surface area contributed by atoms with Gasteiger partial charge in [-0.3, -0.25) is 4.90 Å². The van der Waals surface area contributed by atoms with Gasteiger partial charge in [0, 0.05) is 26.2 Å². The van der Waals surface area contributed by atoms with Crippen molar-refractivity contribution >= 4 is 0 Å². The van der Waals surface area contributed by atoms with Crippen LogP contribution in [0, 0.1) is 0 Å². The lowest BCUT2D eigenvalue weighted by Crippen LogP contribution is -2.45. The molecule has 1 aromatic rings. The van der Waals surface area contributed by atoms with Gasteiger partial charge in [-0.2, -0.15) is 18.2 Å². The number of aromatic nitrogens is 2. The second-order valence-electron chi connectivity index (χ2n) is 4.93. The molecule has 1 fully saturated rings.